The van der Waals surface area contributed by atoms with E-state index in [2.05, 4.69) is 22.5 Å². The summed E-state index contributed by atoms with van der Waals surface area (Å²) in [4.78, 5) is 12.5. The highest BCUT2D eigenvalue weighted by Crippen LogP contribution is 2.20. The molecule has 0 aliphatic rings. The molecule has 1 N–H and O–H groups in total. The molecule has 3 aromatic rings. The van der Waals surface area contributed by atoms with E-state index in [1.807, 2.05) is 42.9 Å². The van der Waals surface area contributed by atoms with Gasteiger partial charge in [0.2, 0.25) is 0 Å². The van der Waals surface area contributed by atoms with Gasteiger partial charge < -0.3 is 14.6 Å². The molecule has 142 valence electrons. The molecule has 2 aromatic heterocycles. The van der Waals surface area contributed by atoms with Gasteiger partial charge in [-0.15, -0.1) is 0 Å². The van der Waals surface area contributed by atoms with E-state index >= 15 is 0 Å². The fourth-order valence-corrected chi connectivity index (χ4v) is 2.64. The Kier molecular flexibility index (Phi) is 5.59. The molecule has 1 aromatic carbocycles. The number of carbonyl (C=O) groups is 1. The summed E-state index contributed by atoms with van der Waals surface area (Å²) in [7, 11) is 0. The molecule has 0 atom stereocenters. The van der Waals surface area contributed by atoms with Crippen LogP contribution < -0.4 is 10.1 Å². The number of benzene rings is 1. The largest absolute Gasteiger partial charge is 0.489 e. The number of hydrogen-bond acceptors (Lipinski definition) is 5. The fraction of sp³-hybridized carbons (Fsp3) is 0.350. The second-order valence-corrected chi connectivity index (χ2v) is 6.49. The van der Waals surface area contributed by atoms with Crippen LogP contribution in [-0.2, 0) is 19.7 Å². The summed E-state index contributed by atoms with van der Waals surface area (Å²) in [5, 5.41) is 11.0. The lowest BCUT2D eigenvalue weighted by Gasteiger charge is -2.09. The predicted octanol–water partition coefficient (Wildman–Crippen LogP) is 3.33. The number of nitrogens with zero attached hydrogens (tertiary/aromatic N) is 3. The predicted molar refractivity (Wildman–Crippen MR) is 101 cm³/mol. The van der Waals surface area contributed by atoms with Crippen molar-refractivity contribution in [1.29, 1.82) is 0 Å². The maximum Gasteiger partial charge on any atom is 0.274 e. The number of aryl methyl sites for hydroxylation is 4. The van der Waals surface area contributed by atoms with Gasteiger partial charge in [-0.25, -0.2) is 0 Å². The highest BCUT2D eigenvalue weighted by Gasteiger charge is 2.20. The Hall–Kier alpha value is -3.09. The van der Waals surface area contributed by atoms with E-state index in [-0.39, 0.29) is 18.2 Å². The smallest absolute Gasteiger partial charge is 0.274 e. The molecule has 0 radical (unpaired) electrons. The minimum absolute atomic E-state index is 0.217. The third-order valence-electron chi connectivity index (χ3n) is 4.53. The summed E-state index contributed by atoms with van der Waals surface area (Å²) in [5.74, 6) is 1.02. The number of hydrogen-bond donors (Lipinski definition) is 1. The van der Waals surface area contributed by atoms with Crippen molar-refractivity contribution in [1.82, 2.24) is 20.3 Å². The van der Waals surface area contributed by atoms with Crippen molar-refractivity contribution >= 4 is 5.91 Å². The van der Waals surface area contributed by atoms with Crippen molar-refractivity contribution in [3.63, 3.8) is 0 Å². The van der Waals surface area contributed by atoms with Gasteiger partial charge in [-0.1, -0.05) is 11.2 Å². The lowest BCUT2D eigenvalue weighted by atomic mass is 10.1. The monoisotopic (exact) mass is 368 g/mol. The Morgan fingerprint density at radius 3 is 2.78 bits per heavy atom. The van der Waals surface area contributed by atoms with Gasteiger partial charge >= 0.3 is 0 Å². The summed E-state index contributed by atoms with van der Waals surface area (Å²) in [5.41, 5.74) is 4.18. The summed E-state index contributed by atoms with van der Waals surface area (Å²) < 4.78 is 12.9. The van der Waals surface area contributed by atoms with Crippen LogP contribution in [0.3, 0.4) is 0 Å². The van der Waals surface area contributed by atoms with Crippen LogP contribution in [0.4, 0.5) is 0 Å². The lowest BCUT2D eigenvalue weighted by molar-refractivity contribution is 0.0939. The van der Waals surface area contributed by atoms with Crippen molar-refractivity contribution < 1.29 is 14.1 Å². The zero-order valence-electron chi connectivity index (χ0n) is 16.1. The lowest BCUT2D eigenvalue weighted by Crippen LogP contribution is -2.24. The summed E-state index contributed by atoms with van der Waals surface area (Å²) >= 11 is 0. The molecule has 0 aliphatic carbocycles. The zero-order chi connectivity index (χ0) is 19.4. The minimum atomic E-state index is -0.296. The van der Waals surface area contributed by atoms with E-state index in [0.29, 0.717) is 17.9 Å². The SMILES string of the molecule is CCn1cc(CNC(=O)c2noc(C)c2COc2ccc(C)c(C)c2)cn1. The summed E-state index contributed by atoms with van der Waals surface area (Å²) in [6, 6.07) is 5.90. The molecule has 0 unspecified atom stereocenters. The van der Waals surface area contributed by atoms with E-state index in [9.17, 15) is 4.79 Å². The Balaban J connectivity index is 1.65. The van der Waals surface area contributed by atoms with Crippen LogP contribution >= 0.6 is 0 Å². The Morgan fingerprint density at radius 2 is 2.07 bits per heavy atom. The van der Waals surface area contributed by atoms with Crippen molar-refractivity contribution in [3.8, 4) is 5.75 Å². The van der Waals surface area contributed by atoms with Gasteiger partial charge in [0.25, 0.3) is 5.91 Å². The first kappa shape index (κ1) is 18.7. The molecular formula is C20H24N4O3. The van der Waals surface area contributed by atoms with Crippen molar-refractivity contribution in [2.24, 2.45) is 0 Å². The number of carbonyl (C=O) groups excluding carboxylic acids is 1. The van der Waals surface area contributed by atoms with Crippen LogP contribution in [0.25, 0.3) is 0 Å². The van der Waals surface area contributed by atoms with Crippen LogP contribution in [-0.4, -0.2) is 20.8 Å². The van der Waals surface area contributed by atoms with Crippen LogP contribution in [0.15, 0.2) is 35.1 Å². The van der Waals surface area contributed by atoms with Crippen molar-refractivity contribution in [2.45, 2.75) is 47.4 Å². The molecular weight excluding hydrogens is 344 g/mol. The maximum absolute atomic E-state index is 12.5. The molecule has 0 bridgehead atoms. The molecule has 0 fully saturated rings. The van der Waals surface area contributed by atoms with E-state index in [1.165, 1.54) is 5.56 Å². The molecule has 1 amide bonds. The third kappa shape index (κ3) is 4.36. The average molecular weight is 368 g/mol. The molecule has 0 spiro atoms. The van der Waals surface area contributed by atoms with E-state index < -0.39 is 0 Å². The second-order valence-electron chi connectivity index (χ2n) is 6.49. The van der Waals surface area contributed by atoms with Crippen molar-refractivity contribution in [2.75, 3.05) is 0 Å². The molecule has 3 rings (SSSR count). The van der Waals surface area contributed by atoms with E-state index in [0.717, 1.165) is 23.4 Å². The number of rotatable bonds is 7. The first-order chi connectivity index (χ1) is 13.0. The Labute approximate surface area is 158 Å². The molecule has 0 aliphatic heterocycles. The molecule has 7 nitrogen and oxygen atoms in total. The van der Waals surface area contributed by atoms with E-state index in [4.69, 9.17) is 9.26 Å². The number of aromatic nitrogens is 3. The highest BCUT2D eigenvalue weighted by molar-refractivity contribution is 5.93. The number of ether oxygens (including phenoxy) is 1. The standard InChI is InChI=1S/C20H24N4O3/c1-5-24-11-16(10-22-24)9-21-20(25)19-18(15(4)27-23-19)12-26-17-7-6-13(2)14(3)8-17/h6-8,10-11H,5,9,12H2,1-4H3,(H,21,25). The molecule has 27 heavy (non-hydrogen) atoms. The molecule has 2 heterocycles. The minimum Gasteiger partial charge on any atom is -0.489 e. The van der Waals surface area contributed by atoms with Crippen LogP contribution in [0, 0.1) is 20.8 Å². The quantitative estimate of drug-likeness (QED) is 0.692. The summed E-state index contributed by atoms with van der Waals surface area (Å²) in [6.07, 6.45) is 3.64. The zero-order valence-corrected chi connectivity index (χ0v) is 16.1. The third-order valence-corrected chi connectivity index (χ3v) is 4.53. The molecule has 0 saturated heterocycles. The first-order valence-corrected chi connectivity index (χ1v) is 8.92. The second kappa shape index (κ2) is 8.07. The van der Waals surface area contributed by atoms with Gasteiger partial charge in [0.1, 0.15) is 18.1 Å². The maximum atomic E-state index is 12.5. The van der Waals surface area contributed by atoms with Gasteiger partial charge in [-0.05, 0) is 51.0 Å². The van der Waals surface area contributed by atoms with Gasteiger partial charge in [0.05, 0.1) is 11.8 Å². The van der Waals surface area contributed by atoms with Gasteiger partial charge in [-0.3, -0.25) is 9.48 Å². The number of nitrogens with one attached hydrogen (secondary N) is 1. The highest BCUT2D eigenvalue weighted by atomic mass is 16.5. The molecule has 0 saturated carbocycles. The van der Waals surface area contributed by atoms with Crippen LogP contribution in [0.5, 0.6) is 5.75 Å². The van der Waals surface area contributed by atoms with Crippen molar-refractivity contribution in [3.05, 3.63) is 64.3 Å². The normalized spacial score (nSPS) is 10.8. The average Bonchev–Trinajstić information content (AvgIpc) is 3.27. The fourth-order valence-electron chi connectivity index (χ4n) is 2.64. The molecule has 7 heteroatoms. The van der Waals surface area contributed by atoms with Gasteiger partial charge in [0, 0.05) is 24.8 Å². The van der Waals surface area contributed by atoms with Gasteiger partial charge in [-0.2, -0.15) is 5.10 Å². The van der Waals surface area contributed by atoms with E-state index in [1.54, 1.807) is 13.1 Å². The summed E-state index contributed by atoms with van der Waals surface area (Å²) in [6.45, 7) is 9.25. The van der Waals surface area contributed by atoms with Gasteiger partial charge in [0.15, 0.2) is 5.69 Å². The first-order valence-electron chi connectivity index (χ1n) is 8.92. The van der Waals surface area contributed by atoms with Crippen LogP contribution in [0.1, 0.15) is 45.4 Å². The topological polar surface area (TPSA) is 82.2 Å². The number of amides is 1. The van der Waals surface area contributed by atoms with Crippen LogP contribution in [0.2, 0.25) is 0 Å². The Bertz CT molecular complexity index is 943. The Morgan fingerprint density at radius 1 is 1.26 bits per heavy atom.